The summed E-state index contributed by atoms with van der Waals surface area (Å²) >= 11 is 1.60. The molecule has 144 valence electrons. The van der Waals surface area contributed by atoms with Crippen molar-refractivity contribution in [2.75, 3.05) is 13.1 Å². The maximum absolute atomic E-state index is 12.3. The first-order valence-electron chi connectivity index (χ1n) is 9.15. The van der Waals surface area contributed by atoms with Crippen molar-refractivity contribution < 1.29 is 18.8 Å². The molecular formula is C20H24N2O4S. The van der Waals surface area contributed by atoms with E-state index in [9.17, 15) is 14.4 Å². The Bertz CT molecular complexity index is 817. The Hall–Kier alpha value is -2.41. The second kappa shape index (κ2) is 8.52. The minimum atomic E-state index is -0.104. The van der Waals surface area contributed by atoms with Crippen molar-refractivity contribution >= 4 is 28.9 Å². The molecular weight excluding hydrogens is 364 g/mol. The van der Waals surface area contributed by atoms with E-state index < -0.39 is 0 Å². The number of nitrogens with one attached hydrogen (secondary N) is 1. The largest absolute Gasteiger partial charge is 0.472 e. The Balaban J connectivity index is 1.41. The smallest absolute Gasteiger partial charge is 0.257 e. The normalized spacial score (nSPS) is 15.0. The molecule has 0 aromatic carbocycles. The molecule has 27 heavy (non-hydrogen) atoms. The van der Waals surface area contributed by atoms with Crippen LogP contribution in [0.25, 0.3) is 0 Å². The highest BCUT2D eigenvalue weighted by molar-refractivity contribution is 7.12. The number of ketones is 1. The van der Waals surface area contributed by atoms with E-state index in [-0.39, 0.29) is 36.5 Å². The Morgan fingerprint density at radius 2 is 1.96 bits per heavy atom. The van der Waals surface area contributed by atoms with Crippen molar-refractivity contribution in [2.24, 2.45) is 0 Å². The standard InChI is InChI=1S/C20H24N2O4S/c1-13-11-17(14(2)27-13)18(23)3-4-19(24)21-16-5-8-22(9-6-16)20(25)15-7-10-26-12-15/h7,10-12,16H,3-6,8-9H2,1-2H3,(H,21,24). The van der Waals surface area contributed by atoms with E-state index in [2.05, 4.69) is 5.32 Å². The van der Waals surface area contributed by atoms with Crippen molar-refractivity contribution in [3.8, 4) is 0 Å². The van der Waals surface area contributed by atoms with Crippen LogP contribution in [0.15, 0.2) is 29.1 Å². The molecule has 2 amide bonds. The van der Waals surface area contributed by atoms with E-state index in [0.717, 1.165) is 15.3 Å². The van der Waals surface area contributed by atoms with Gasteiger partial charge < -0.3 is 14.6 Å². The Morgan fingerprint density at radius 3 is 2.56 bits per heavy atom. The maximum atomic E-state index is 12.3. The summed E-state index contributed by atoms with van der Waals surface area (Å²) in [5, 5.41) is 2.99. The fraction of sp³-hybridized carbons (Fsp3) is 0.450. The van der Waals surface area contributed by atoms with Crippen LogP contribution in [0.3, 0.4) is 0 Å². The van der Waals surface area contributed by atoms with Crippen LogP contribution in [0, 0.1) is 13.8 Å². The third kappa shape index (κ3) is 4.86. The molecule has 3 rings (SSSR count). The lowest BCUT2D eigenvalue weighted by Gasteiger charge is -2.32. The molecule has 0 bridgehead atoms. The molecule has 0 spiro atoms. The summed E-state index contributed by atoms with van der Waals surface area (Å²) in [4.78, 5) is 40.6. The van der Waals surface area contributed by atoms with Gasteiger partial charge in [0.15, 0.2) is 5.78 Å². The summed E-state index contributed by atoms with van der Waals surface area (Å²) in [5.74, 6) is -0.124. The van der Waals surface area contributed by atoms with Gasteiger partial charge in [-0.25, -0.2) is 0 Å². The molecule has 0 radical (unpaired) electrons. The number of carbonyl (C=O) groups is 3. The summed E-state index contributed by atoms with van der Waals surface area (Å²) in [6.07, 6.45) is 4.78. The highest BCUT2D eigenvalue weighted by Gasteiger charge is 2.25. The van der Waals surface area contributed by atoms with Gasteiger partial charge in [0.05, 0.1) is 11.8 Å². The van der Waals surface area contributed by atoms with Crippen LogP contribution >= 0.6 is 11.3 Å². The van der Waals surface area contributed by atoms with Crippen LogP contribution in [-0.2, 0) is 4.79 Å². The molecule has 1 saturated heterocycles. The lowest BCUT2D eigenvalue weighted by atomic mass is 10.0. The third-order valence-corrected chi connectivity index (χ3v) is 5.80. The second-order valence-corrected chi connectivity index (χ2v) is 8.36. The highest BCUT2D eigenvalue weighted by atomic mass is 32.1. The molecule has 0 aliphatic carbocycles. The van der Waals surface area contributed by atoms with E-state index in [4.69, 9.17) is 4.42 Å². The topological polar surface area (TPSA) is 79.6 Å². The third-order valence-electron chi connectivity index (χ3n) is 4.84. The minimum Gasteiger partial charge on any atom is -0.472 e. The number of Topliss-reactive ketones (excluding diaryl/α,β-unsaturated/α-hetero) is 1. The number of hydrogen-bond donors (Lipinski definition) is 1. The minimum absolute atomic E-state index is 0.0209. The van der Waals surface area contributed by atoms with E-state index in [1.54, 1.807) is 22.3 Å². The summed E-state index contributed by atoms with van der Waals surface area (Å²) in [7, 11) is 0. The number of rotatable bonds is 6. The van der Waals surface area contributed by atoms with Gasteiger partial charge in [-0.1, -0.05) is 0 Å². The molecule has 1 fully saturated rings. The van der Waals surface area contributed by atoms with Crippen LogP contribution in [0.5, 0.6) is 0 Å². The van der Waals surface area contributed by atoms with Crippen molar-refractivity contribution in [2.45, 2.75) is 45.6 Å². The van der Waals surface area contributed by atoms with E-state index in [1.807, 2.05) is 19.9 Å². The van der Waals surface area contributed by atoms with Crippen LogP contribution in [-0.4, -0.2) is 41.6 Å². The summed E-state index contributed by atoms with van der Waals surface area (Å²) in [6.45, 7) is 5.11. The van der Waals surface area contributed by atoms with Crippen molar-refractivity contribution in [1.29, 1.82) is 0 Å². The number of likely N-dealkylation sites (tertiary alicyclic amines) is 1. The quantitative estimate of drug-likeness (QED) is 0.770. The van der Waals surface area contributed by atoms with Gasteiger partial charge in [0, 0.05) is 47.3 Å². The fourth-order valence-corrected chi connectivity index (χ4v) is 4.31. The van der Waals surface area contributed by atoms with Crippen molar-refractivity contribution in [3.63, 3.8) is 0 Å². The van der Waals surface area contributed by atoms with Gasteiger partial charge >= 0.3 is 0 Å². The van der Waals surface area contributed by atoms with Gasteiger partial charge in [0.2, 0.25) is 5.91 Å². The molecule has 3 heterocycles. The molecule has 2 aromatic heterocycles. The van der Waals surface area contributed by atoms with E-state index >= 15 is 0 Å². The van der Waals surface area contributed by atoms with Crippen LogP contribution in [0.2, 0.25) is 0 Å². The number of amides is 2. The zero-order valence-corrected chi connectivity index (χ0v) is 16.4. The molecule has 7 heteroatoms. The molecule has 6 nitrogen and oxygen atoms in total. The van der Waals surface area contributed by atoms with E-state index in [1.165, 1.54) is 12.5 Å². The molecule has 0 saturated carbocycles. The van der Waals surface area contributed by atoms with Crippen LogP contribution < -0.4 is 5.32 Å². The fourth-order valence-electron chi connectivity index (χ4n) is 3.36. The Labute approximate surface area is 162 Å². The molecule has 1 N–H and O–H groups in total. The SMILES string of the molecule is Cc1cc(C(=O)CCC(=O)NC2CCN(C(=O)c3ccoc3)CC2)c(C)s1. The van der Waals surface area contributed by atoms with Gasteiger partial charge in [0.25, 0.3) is 5.91 Å². The Kier molecular flexibility index (Phi) is 6.11. The zero-order valence-electron chi connectivity index (χ0n) is 15.6. The number of carbonyl (C=O) groups excluding carboxylic acids is 3. The predicted octanol–water partition coefficient (Wildman–Crippen LogP) is 3.34. The first kappa shape index (κ1) is 19.4. The number of nitrogens with zero attached hydrogens (tertiary/aromatic N) is 1. The molecule has 0 unspecified atom stereocenters. The summed E-state index contributed by atoms with van der Waals surface area (Å²) in [5.41, 5.74) is 1.28. The van der Waals surface area contributed by atoms with Crippen LogP contribution in [0.4, 0.5) is 0 Å². The number of thiophene rings is 1. The van der Waals surface area contributed by atoms with Crippen LogP contribution in [0.1, 0.15) is 56.2 Å². The zero-order chi connectivity index (χ0) is 19.4. The van der Waals surface area contributed by atoms with Gasteiger partial charge in [-0.15, -0.1) is 11.3 Å². The summed E-state index contributed by atoms with van der Waals surface area (Å²) < 4.78 is 4.96. The summed E-state index contributed by atoms with van der Waals surface area (Å²) in [6, 6.07) is 3.60. The second-order valence-electron chi connectivity index (χ2n) is 6.90. The van der Waals surface area contributed by atoms with Crippen molar-refractivity contribution in [3.05, 3.63) is 45.5 Å². The average molecular weight is 388 g/mol. The molecule has 1 aliphatic rings. The molecule has 2 aromatic rings. The first-order chi connectivity index (χ1) is 12.9. The maximum Gasteiger partial charge on any atom is 0.257 e. The number of furan rings is 1. The lowest BCUT2D eigenvalue weighted by molar-refractivity contribution is -0.122. The average Bonchev–Trinajstić information content (AvgIpc) is 3.29. The van der Waals surface area contributed by atoms with Gasteiger partial charge in [-0.05, 0) is 38.8 Å². The predicted molar refractivity (Wildman–Crippen MR) is 103 cm³/mol. The molecule has 0 atom stereocenters. The van der Waals surface area contributed by atoms with Gasteiger partial charge in [-0.3, -0.25) is 14.4 Å². The van der Waals surface area contributed by atoms with Crippen molar-refractivity contribution in [1.82, 2.24) is 10.2 Å². The van der Waals surface area contributed by atoms with E-state index in [0.29, 0.717) is 31.5 Å². The lowest BCUT2D eigenvalue weighted by Crippen LogP contribution is -2.46. The number of piperidine rings is 1. The Morgan fingerprint density at radius 1 is 1.22 bits per heavy atom. The number of hydrogen-bond acceptors (Lipinski definition) is 5. The highest BCUT2D eigenvalue weighted by Crippen LogP contribution is 2.22. The first-order valence-corrected chi connectivity index (χ1v) is 9.96. The molecule has 1 aliphatic heterocycles. The monoisotopic (exact) mass is 388 g/mol. The number of aryl methyl sites for hydroxylation is 2. The van der Waals surface area contributed by atoms with Gasteiger partial charge in [0.1, 0.15) is 6.26 Å². The van der Waals surface area contributed by atoms with Gasteiger partial charge in [-0.2, -0.15) is 0 Å².